The Bertz CT molecular complexity index is 761. The lowest BCUT2D eigenvalue weighted by Gasteiger charge is -2.70. The summed E-state index contributed by atoms with van der Waals surface area (Å²) in [5.41, 5.74) is 0.466. The average Bonchev–Trinajstić information content (AvgIpc) is 2.48. The van der Waals surface area contributed by atoms with Gasteiger partial charge in [0.05, 0.1) is 11.1 Å². The Labute approximate surface area is 172 Å². The fraction of sp³-hybridized carbons (Fsp3) is 0.650. The molecule has 1 atom stereocenters. The molecule has 3 saturated carbocycles. The molecule has 3 aliphatic rings. The zero-order valence-electron chi connectivity index (χ0n) is 17.2. The van der Waals surface area contributed by atoms with Crippen molar-refractivity contribution in [3.05, 3.63) is 34.6 Å². The second-order valence-corrected chi connectivity index (χ2v) is 15.1. The third-order valence-corrected chi connectivity index (χ3v) is 11.4. The van der Waals surface area contributed by atoms with Crippen molar-refractivity contribution in [3.63, 3.8) is 0 Å². The number of nitrogens with one attached hydrogen (secondary N) is 2. The number of carbonyl (C=O) groups is 1. The summed E-state index contributed by atoms with van der Waals surface area (Å²) in [5, 5.41) is 15.3. The zero-order chi connectivity index (χ0) is 21.0. The van der Waals surface area contributed by atoms with Crippen molar-refractivity contribution >= 4 is 26.0 Å². The predicted molar refractivity (Wildman–Crippen MR) is 111 cm³/mol. The minimum atomic E-state index is -2.08. The SMILES string of the molecule is CC(C)(C)[Si](C)(C)O[C@H](CNC12CC(NC(=O)O)(C1)C2)c1ccc(Cl)c(F)c1. The molecule has 3 aliphatic carbocycles. The summed E-state index contributed by atoms with van der Waals surface area (Å²) >= 11 is 5.86. The average molecular weight is 429 g/mol. The number of benzene rings is 1. The number of amides is 1. The van der Waals surface area contributed by atoms with Crippen LogP contribution in [-0.4, -0.2) is 37.1 Å². The van der Waals surface area contributed by atoms with Crippen molar-refractivity contribution in [2.24, 2.45) is 0 Å². The second-order valence-electron chi connectivity index (χ2n) is 9.94. The van der Waals surface area contributed by atoms with Crippen molar-refractivity contribution in [1.29, 1.82) is 0 Å². The van der Waals surface area contributed by atoms with Crippen molar-refractivity contribution in [2.45, 2.75) is 75.3 Å². The van der Waals surface area contributed by atoms with Gasteiger partial charge in [-0.3, -0.25) is 0 Å². The fourth-order valence-electron chi connectivity index (χ4n) is 4.12. The molecule has 4 rings (SSSR count). The van der Waals surface area contributed by atoms with Crippen LogP contribution in [0.15, 0.2) is 18.2 Å². The van der Waals surface area contributed by atoms with Crippen molar-refractivity contribution in [2.75, 3.05) is 6.54 Å². The molecule has 3 N–H and O–H groups in total. The van der Waals surface area contributed by atoms with E-state index in [0.29, 0.717) is 6.54 Å². The van der Waals surface area contributed by atoms with Gasteiger partial charge >= 0.3 is 6.09 Å². The molecule has 156 valence electrons. The number of hydrogen-bond donors (Lipinski definition) is 3. The van der Waals surface area contributed by atoms with Gasteiger partial charge in [0.25, 0.3) is 0 Å². The van der Waals surface area contributed by atoms with Gasteiger partial charge in [0.15, 0.2) is 8.32 Å². The normalized spacial score (nSPS) is 27.5. The summed E-state index contributed by atoms with van der Waals surface area (Å²) in [6, 6.07) is 4.85. The second kappa shape index (κ2) is 6.97. The first-order valence-electron chi connectivity index (χ1n) is 9.66. The Balaban J connectivity index is 1.71. The van der Waals surface area contributed by atoms with Crippen LogP contribution in [0.1, 0.15) is 51.7 Å². The zero-order valence-corrected chi connectivity index (χ0v) is 18.9. The van der Waals surface area contributed by atoms with Gasteiger partial charge in [-0.05, 0) is 55.1 Å². The lowest BCUT2D eigenvalue weighted by Crippen LogP contribution is -2.83. The Morgan fingerprint density at radius 2 is 1.93 bits per heavy atom. The lowest BCUT2D eigenvalue weighted by molar-refractivity contribution is -0.102. The van der Waals surface area contributed by atoms with Crippen LogP contribution in [0.25, 0.3) is 0 Å². The van der Waals surface area contributed by atoms with E-state index < -0.39 is 20.2 Å². The van der Waals surface area contributed by atoms with Crippen LogP contribution in [0, 0.1) is 5.82 Å². The minimum absolute atomic E-state index is 0.0298. The third-order valence-electron chi connectivity index (χ3n) is 6.62. The summed E-state index contributed by atoms with van der Waals surface area (Å²) < 4.78 is 20.7. The molecule has 1 amide bonds. The molecular weight excluding hydrogens is 399 g/mol. The smallest absolute Gasteiger partial charge is 0.405 e. The van der Waals surface area contributed by atoms with Crippen LogP contribution < -0.4 is 10.6 Å². The largest absolute Gasteiger partial charge is 0.465 e. The number of rotatable bonds is 7. The highest BCUT2D eigenvalue weighted by Gasteiger charge is 2.68. The quantitative estimate of drug-likeness (QED) is 0.530. The standard InChI is InChI=1S/C20H30ClFN2O3Si/c1-18(2,3)28(4,5)27-16(13-6-7-14(21)15(22)8-13)9-23-19-10-20(11-19,12-19)24-17(25)26/h6-8,16,23-24H,9-12H2,1-5H3,(H,25,26)/t16-,19?,20?/m1/s1. The van der Waals surface area contributed by atoms with Gasteiger partial charge in [-0.2, -0.15) is 0 Å². The van der Waals surface area contributed by atoms with Crippen molar-refractivity contribution in [3.8, 4) is 0 Å². The molecule has 0 aromatic heterocycles. The lowest BCUT2D eigenvalue weighted by atomic mass is 9.44. The maximum absolute atomic E-state index is 14.1. The maximum Gasteiger partial charge on any atom is 0.405 e. The summed E-state index contributed by atoms with van der Waals surface area (Å²) in [6.07, 6.45) is 1.10. The highest BCUT2D eigenvalue weighted by atomic mass is 35.5. The highest BCUT2D eigenvalue weighted by Crippen LogP contribution is 2.60. The highest BCUT2D eigenvalue weighted by molar-refractivity contribution is 6.74. The Kier molecular flexibility index (Phi) is 5.37. The Hall–Kier alpha value is -1.15. The van der Waals surface area contributed by atoms with E-state index in [0.717, 1.165) is 24.8 Å². The van der Waals surface area contributed by atoms with Gasteiger partial charge in [0.2, 0.25) is 0 Å². The van der Waals surface area contributed by atoms with Gasteiger partial charge in [-0.15, -0.1) is 0 Å². The van der Waals surface area contributed by atoms with E-state index >= 15 is 0 Å². The monoisotopic (exact) mass is 428 g/mol. The Morgan fingerprint density at radius 3 is 2.43 bits per heavy atom. The van der Waals surface area contributed by atoms with Gasteiger partial charge in [-0.1, -0.05) is 38.4 Å². The Morgan fingerprint density at radius 1 is 1.32 bits per heavy atom. The van der Waals surface area contributed by atoms with E-state index in [1.807, 2.05) is 6.07 Å². The molecule has 0 spiro atoms. The topological polar surface area (TPSA) is 70.6 Å². The summed E-state index contributed by atoms with van der Waals surface area (Å²) in [7, 11) is -2.08. The minimum Gasteiger partial charge on any atom is -0.465 e. The molecule has 5 nitrogen and oxygen atoms in total. The van der Waals surface area contributed by atoms with Gasteiger partial charge in [0.1, 0.15) is 5.82 Å². The number of hydrogen-bond acceptors (Lipinski definition) is 3. The van der Waals surface area contributed by atoms with Crippen molar-refractivity contribution < 1.29 is 18.7 Å². The molecule has 0 unspecified atom stereocenters. The first-order chi connectivity index (χ1) is 12.8. The molecule has 1 aromatic carbocycles. The third kappa shape index (κ3) is 4.08. The summed E-state index contributed by atoms with van der Waals surface area (Å²) in [4.78, 5) is 10.9. The molecule has 0 heterocycles. The van der Waals surface area contributed by atoms with E-state index in [1.54, 1.807) is 6.07 Å². The van der Waals surface area contributed by atoms with Crippen LogP contribution >= 0.6 is 11.6 Å². The molecule has 2 bridgehead atoms. The van der Waals surface area contributed by atoms with E-state index in [9.17, 15) is 9.18 Å². The maximum atomic E-state index is 14.1. The first-order valence-corrected chi connectivity index (χ1v) is 12.9. The van der Waals surface area contributed by atoms with Crippen LogP contribution in [0.5, 0.6) is 0 Å². The van der Waals surface area contributed by atoms with E-state index in [1.165, 1.54) is 6.07 Å². The summed E-state index contributed by atoms with van der Waals surface area (Å²) in [5.74, 6) is -0.446. The number of halogens is 2. The molecule has 1 aromatic rings. The molecule has 3 fully saturated rings. The van der Waals surface area contributed by atoms with Crippen LogP contribution in [0.3, 0.4) is 0 Å². The summed E-state index contributed by atoms with van der Waals surface area (Å²) in [6.45, 7) is 11.4. The number of carboxylic acid groups (broad SMARTS) is 1. The molecular formula is C20H30ClFN2O3Si. The predicted octanol–water partition coefficient (Wildman–Crippen LogP) is 5.07. The van der Waals surface area contributed by atoms with Gasteiger partial charge in [0, 0.05) is 17.6 Å². The van der Waals surface area contributed by atoms with E-state index in [4.69, 9.17) is 21.1 Å². The van der Waals surface area contributed by atoms with Gasteiger partial charge < -0.3 is 20.2 Å². The fourth-order valence-corrected chi connectivity index (χ4v) is 5.52. The van der Waals surface area contributed by atoms with Crippen LogP contribution in [-0.2, 0) is 4.43 Å². The molecule has 8 heteroatoms. The van der Waals surface area contributed by atoms with E-state index in [-0.39, 0.29) is 27.2 Å². The van der Waals surface area contributed by atoms with Crippen molar-refractivity contribution in [1.82, 2.24) is 10.6 Å². The first kappa shape index (κ1) is 21.6. The van der Waals surface area contributed by atoms with Crippen LogP contribution in [0.4, 0.5) is 9.18 Å². The van der Waals surface area contributed by atoms with Crippen LogP contribution in [0.2, 0.25) is 23.2 Å². The molecule has 0 saturated heterocycles. The molecule has 28 heavy (non-hydrogen) atoms. The van der Waals surface area contributed by atoms with Gasteiger partial charge in [-0.25, -0.2) is 9.18 Å². The van der Waals surface area contributed by atoms with E-state index in [2.05, 4.69) is 44.5 Å². The molecule has 0 aliphatic heterocycles. The molecule has 0 radical (unpaired) electrons.